The Morgan fingerprint density at radius 3 is 2.69 bits per heavy atom. The molecule has 3 N–H and O–H groups in total. The average molecular weight is 186 g/mol. The van der Waals surface area contributed by atoms with Crippen LogP contribution in [0.25, 0.3) is 0 Å². The Labute approximate surface area is 74.4 Å². The van der Waals surface area contributed by atoms with Gasteiger partial charge in [-0.1, -0.05) is 6.92 Å². The molecule has 1 aliphatic rings. The molecule has 0 saturated carbocycles. The maximum atomic E-state index is 11.0. The summed E-state index contributed by atoms with van der Waals surface area (Å²) in [6.45, 7) is 1.57. The molecule has 0 aromatic heterocycles. The predicted molar refractivity (Wildman–Crippen MR) is 41.1 cm³/mol. The zero-order valence-corrected chi connectivity index (χ0v) is 7.12. The number of esters is 1. The number of hydrogen-bond donors (Lipinski definition) is 2. The van der Waals surface area contributed by atoms with Crippen LogP contribution >= 0.6 is 0 Å². The number of carbonyl (C=O) groups is 3. The number of amides is 2. The second kappa shape index (κ2) is 3.14. The molecule has 2 amide bonds. The van der Waals surface area contributed by atoms with Crippen LogP contribution in [0.4, 0.5) is 0 Å². The first kappa shape index (κ1) is 9.66. The van der Waals surface area contributed by atoms with E-state index < -0.39 is 23.5 Å². The van der Waals surface area contributed by atoms with Crippen molar-refractivity contribution >= 4 is 17.8 Å². The Hall–Kier alpha value is -1.43. The Morgan fingerprint density at radius 2 is 2.31 bits per heavy atom. The van der Waals surface area contributed by atoms with Crippen molar-refractivity contribution < 1.29 is 19.1 Å². The molecule has 0 aliphatic carbocycles. The first-order valence-electron chi connectivity index (χ1n) is 3.83. The molecule has 1 heterocycles. The van der Waals surface area contributed by atoms with E-state index in [1.165, 1.54) is 0 Å². The third-order valence-electron chi connectivity index (χ3n) is 1.65. The molecule has 0 bridgehead atoms. The first-order valence-corrected chi connectivity index (χ1v) is 3.83. The lowest BCUT2D eigenvalue weighted by atomic mass is 10.2. The smallest absolute Gasteiger partial charge is 0.307 e. The van der Waals surface area contributed by atoms with Gasteiger partial charge in [-0.15, -0.1) is 0 Å². The van der Waals surface area contributed by atoms with E-state index in [1.54, 1.807) is 6.92 Å². The highest BCUT2D eigenvalue weighted by Gasteiger charge is 2.46. The van der Waals surface area contributed by atoms with E-state index in [0.717, 1.165) is 0 Å². The van der Waals surface area contributed by atoms with Crippen LogP contribution in [0.5, 0.6) is 0 Å². The summed E-state index contributed by atoms with van der Waals surface area (Å²) in [5.41, 5.74) is 3.59. The minimum absolute atomic E-state index is 0.112. The maximum absolute atomic E-state index is 11.0. The van der Waals surface area contributed by atoms with Gasteiger partial charge in [0.1, 0.15) is 0 Å². The molecule has 1 aliphatic heterocycles. The van der Waals surface area contributed by atoms with E-state index in [0.29, 0.717) is 0 Å². The Balaban J connectivity index is 2.71. The summed E-state index contributed by atoms with van der Waals surface area (Å²) in [7, 11) is 0. The summed E-state index contributed by atoms with van der Waals surface area (Å²) < 4.78 is 4.64. The number of nitrogens with one attached hydrogen (secondary N) is 1. The van der Waals surface area contributed by atoms with Crippen molar-refractivity contribution in [3.63, 3.8) is 0 Å². The van der Waals surface area contributed by atoms with Gasteiger partial charge in [-0.2, -0.15) is 0 Å². The summed E-state index contributed by atoms with van der Waals surface area (Å²) in [5, 5.41) is 1.96. The summed E-state index contributed by atoms with van der Waals surface area (Å²) in [6, 6.07) is 0. The predicted octanol–water partition coefficient (Wildman–Crippen LogP) is -1.36. The number of imide groups is 1. The van der Waals surface area contributed by atoms with Crippen LogP contribution < -0.4 is 11.1 Å². The number of rotatable bonds is 2. The molecule has 1 unspecified atom stereocenters. The topological polar surface area (TPSA) is 98.5 Å². The first-order chi connectivity index (χ1) is 5.98. The van der Waals surface area contributed by atoms with Crippen molar-refractivity contribution in [1.29, 1.82) is 0 Å². The minimum Gasteiger partial charge on any atom is -0.434 e. The van der Waals surface area contributed by atoms with E-state index in [2.05, 4.69) is 4.74 Å². The third kappa shape index (κ3) is 1.83. The molecule has 13 heavy (non-hydrogen) atoms. The zero-order valence-electron chi connectivity index (χ0n) is 7.12. The van der Waals surface area contributed by atoms with Gasteiger partial charge in [0.05, 0.1) is 6.42 Å². The van der Waals surface area contributed by atoms with Gasteiger partial charge in [-0.05, 0) is 0 Å². The molecule has 0 radical (unpaired) electrons. The lowest BCUT2D eigenvalue weighted by Crippen LogP contribution is -2.50. The fraction of sp³-hybridized carbons (Fsp3) is 0.571. The Kier molecular flexibility index (Phi) is 2.33. The van der Waals surface area contributed by atoms with Gasteiger partial charge in [0.25, 0.3) is 5.91 Å². The van der Waals surface area contributed by atoms with Crippen molar-refractivity contribution in [3.8, 4) is 0 Å². The molecule has 0 aromatic carbocycles. The van der Waals surface area contributed by atoms with E-state index >= 15 is 0 Å². The molecule has 6 heteroatoms. The van der Waals surface area contributed by atoms with Crippen molar-refractivity contribution in [2.75, 3.05) is 0 Å². The van der Waals surface area contributed by atoms with Gasteiger partial charge in [0, 0.05) is 6.42 Å². The monoisotopic (exact) mass is 186 g/mol. The highest BCUT2D eigenvalue weighted by atomic mass is 16.6. The highest BCUT2D eigenvalue weighted by molar-refractivity contribution is 6.07. The van der Waals surface area contributed by atoms with E-state index in [1.807, 2.05) is 5.32 Å². The van der Waals surface area contributed by atoms with E-state index in [-0.39, 0.29) is 12.8 Å². The second-order valence-corrected chi connectivity index (χ2v) is 2.77. The van der Waals surface area contributed by atoms with Crippen LogP contribution in [0.1, 0.15) is 19.8 Å². The summed E-state index contributed by atoms with van der Waals surface area (Å²) >= 11 is 0. The number of carbonyl (C=O) groups excluding carboxylic acids is 3. The Morgan fingerprint density at radius 1 is 1.69 bits per heavy atom. The standard InChI is InChI=1S/C7H10N2O4/c1-2-5(11)13-7(8)3-4(10)9-6(7)12/h2-3,8H2,1H3,(H,9,10,12). The molecule has 0 spiro atoms. The molecule has 1 atom stereocenters. The molecule has 1 rings (SSSR count). The Bertz CT molecular complexity index is 276. The van der Waals surface area contributed by atoms with Gasteiger partial charge < -0.3 is 4.74 Å². The molecule has 1 saturated heterocycles. The van der Waals surface area contributed by atoms with E-state index in [9.17, 15) is 14.4 Å². The maximum Gasteiger partial charge on any atom is 0.307 e. The summed E-state index contributed by atoms with van der Waals surface area (Å²) in [6.07, 6.45) is -0.196. The normalized spacial score (nSPS) is 27.2. The van der Waals surface area contributed by atoms with Crippen LogP contribution in [-0.2, 0) is 19.1 Å². The van der Waals surface area contributed by atoms with Gasteiger partial charge in [-0.25, -0.2) is 0 Å². The van der Waals surface area contributed by atoms with Gasteiger partial charge in [0.2, 0.25) is 11.6 Å². The molecular formula is C7H10N2O4. The van der Waals surface area contributed by atoms with Crippen molar-refractivity contribution in [2.24, 2.45) is 5.73 Å². The lowest BCUT2D eigenvalue weighted by Gasteiger charge is -2.19. The lowest BCUT2D eigenvalue weighted by molar-refractivity contribution is -0.165. The molecule has 0 aromatic rings. The van der Waals surface area contributed by atoms with Gasteiger partial charge >= 0.3 is 5.97 Å². The zero-order chi connectivity index (χ0) is 10.1. The van der Waals surface area contributed by atoms with Gasteiger partial charge in [0.15, 0.2) is 0 Å². The largest absolute Gasteiger partial charge is 0.434 e. The fourth-order valence-corrected chi connectivity index (χ4v) is 0.953. The van der Waals surface area contributed by atoms with Crippen LogP contribution in [0.2, 0.25) is 0 Å². The van der Waals surface area contributed by atoms with Crippen LogP contribution in [-0.4, -0.2) is 23.5 Å². The van der Waals surface area contributed by atoms with Crippen LogP contribution in [0.15, 0.2) is 0 Å². The minimum atomic E-state index is -1.80. The fourth-order valence-electron chi connectivity index (χ4n) is 0.953. The van der Waals surface area contributed by atoms with Crippen molar-refractivity contribution in [3.05, 3.63) is 0 Å². The molecule has 6 nitrogen and oxygen atoms in total. The van der Waals surface area contributed by atoms with E-state index in [4.69, 9.17) is 5.73 Å². The van der Waals surface area contributed by atoms with Crippen molar-refractivity contribution in [1.82, 2.24) is 5.32 Å². The SMILES string of the molecule is CCC(=O)OC1(N)CC(=O)NC1=O. The quantitative estimate of drug-likeness (QED) is 0.315. The summed E-state index contributed by atoms with van der Waals surface area (Å²) in [4.78, 5) is 32.6. The molecular weight excluding hydrogens is 176 g/mol. The van der Waals surface area contributed by atoms with Gasteiger partial charge in [-0.3, -0.25) is 25.4 Å². The average Bonchev–Trinajstić information content (AvgIpc) is 2.25. The second-order valence-electron chi connectivity index (χ2n) is 2.77. The highest BCUT2D eigenvalue weighted by Crippen LogP contribution is 2.15. The molecule has 1 fully saturated rings. The molecule has 72 valence electrons. The summed E-state index contributed by atoms with van der Waals surface area (Å²) in [5.74, 6) is -1.90. The number of nitrogens with two attached hydrogens (primary N) is 1. The van der Waals surface area contributed by atoms with Crippen molar-refractivity contribution in [2.45, 2.75) is 25.5 Å². The third-order valence-corrected chi connectivity index (χ3v) is 1.65. The number of hydrogen-bond acceptors (Lipinski definition) is 5. The number of ether oxygens (including phenoxy) is 1. The van der Waals surface area contributed by atoms with Crippen LogP contribution in [0, 0.1) is 0 Å². The van der Waals surface area contributed by atoms with Crippen LogP contribution in [0.3, 0.4) is 0 Å².